The smallest absolute Gasteiger partial charge is 0.412 e. The molecule has 0 spiro atoms. The summed E-state index contributed by atoms with van der Waals surface area (Å²) in [6, 6.07) is 10.0. The Labute approximate surface area is 209 Å². The largest absolute Gasteiger partial charge is 0.444 e. The molecule has 0 bridgehead atoms. The number of anilines is 2. The highest BCUT2D eigenvalue weighted by molar-refractivity contribution is 6.32. The number of carbonyl (C=O) groups excluding carboxylic acids is 3. The zero-order chi connectivity index (χ0) is 25.8. The van der Waals surface area contributed by atoms with E-state index >= 15 is 0 Å². The second kappa shape index (κ2) is 10.7. The lowest BCUT2D eigenvalue weighted by molar-refractivity contribution is -0.115. The molecule has 0 radical (unpaired) electrons. The van der Waals surface area contributed by atoms with Crippen LogP contribution in [0.2, 0.25) is 5.02 Å². The first-order chi connectivity index (χ1) is 16.4. The number of ketones is 1. The number of nitrogens with zero attached hydrogens (tertiary/aromatic N) is 2. The van der Waals surface area contributed by atoms with Crippen LogP contribution in [0.5, 0.6) is 0 Å². The Hall–Kier alpha value is -3.78. The van der Waals surface area contributed by atoms with Gasteiger partial charge >= 0.3 is 6.09 Å². The fraction of sp³-hybridized carbons (Fsp3) is 0.269. The van der Waals surface area contributed by atoms with E-state index < -0.39 is 24.0 Å². The molecule has 8 nitrogen and oxygen atoms in total. The molecule has 3 rings (SSSR count). The molecule has 1 heterocycles. The quantitative estimate of drug-likeness (QED) is 0.322. The molecular formula is C26H27ClN4O4. The van der Waals surface area contributed by atoms with Crippen LogP contribution >= 0.6 is 11.6 Å². The van der Waals surface area contributed by atoms with Crippen LogP contribution < -0.4 is 10.6 Å². The average molecular weight is 495 g/mol. The van der Waals surface area contributed by atoms with Gasteiger partial charge in [-0.3, -0.25) is 19.9 Å². The minimum atomic E-state index is -0.701. The van der Waals surface area contributed by atoms with Gasteiger partial charge < -0.3 is 10.1 Å². The predicted octanol–water partition coefficient (Wildman–Crippen LogP) is 5.97. The Morgan fingerprint density at radius 2 is 1.71 bits per heavy atom. The molecule has 0 aliphatic rings. The van der Waals surface area contributed by atoms with Crippen LogP contribution in [0.1, 0.15) is 48.8 Å². The van der Waals surface area contributed by atoms with E-state index in [1.54, 1.807) is 64.4 Å². The second-order valence-corrected chi connectivity index (χ2v) is 9.46. The van der Waals surface area contributed by atoms with Gasteiger partial charge in [0, 0.05) is 22.3 Å². The second-order valence-electron chi connectivity index (χ2n) is 9.05. The molecule has 2 amide bonds. The maximum atomic E-state index is 12.8. The van der Waals surface area contributed by atoms with Gasteiger partial charge in [-0.15, -0.1) is 0 Å². The van der Waals surface area contributed by atoms with Crippen molar-refractivity contribution < 1.29 is 19.1 Å². The Balaban J connectivity index is 1.75. The first-order valence-electron chi connectivity index (χ1n) is 10.9. The molecule has 9 heteroatoms. The van der Waals surface area contributed by atoms with Gasteiger partial charge in [0.15, 0.2) is 5.78 Å². The van der Waals surface area contributed by atoms with Gasteiger partial charge in [-0.25, -0.2) is 9.78 Å². The van der Waals surface area contributed by atoms with Gasteiger partial charge in [-0.2, -0.15) is 0 Å². The fourth-order valence-electron chi connectivity index (χ4n) is 3.20. The predicted molar refractivity (Wildman–Crippen MR) is 136 cm³/mol. The van der Waals surface area contributed by atoms with Crippen LogP contribution in [0.3, 0.4) is 0 Å². The Bertz CT molecular complexity index is 1280. The number of hydrogen-bond donors (Lipinski definition) is 2. The minimum Gasteiger partial charge on any atom is -0.444 e. The van der Waals surface area contributed by atoms with Crippen LogP contribution in [0.15, 0.2) is 48.8 Å². The van der Waals surface area contributed by atoms with Gasteiger partial charge in [0.2, 0.25) is 5.91 Å². The molecule has 35 heavy (non-hydrogen) atoms. The number of carbonyl (C=O) groups is 3. The van der Waals surface area contributed by atoms with Crippen molar-refractivity contribution in [3.8, 4) is 11.3 Å². The third kappa shape index (κ3) is 7.35. The summed E-state index contributed by atoms with van der Waals surface area (Å²) in [5, 5.41) is 5.69. The lowest BCUT2D eigenvalue weighted by Gasteiger charge is -2.21. The number of nitrogens with one attached hydrogen (secondary N) is 2. The van der Waals surface area contributed by atoms with Crippen LogP contribution in [0, 0.1) is 13.8 Å². The highest BCUT2D eigenvalue weighted by Gasteiger charge is 2.20. The van der Waals surface area contributed by atoms with Gasteiger partial charge in [0.25, 0.3) is 0 Å². The SMILES string of the molecule is Cc1cncc(-c2cccc(C(=O)CC(=O)Nc3cc(C)c(Cl)cc3NC(=O)OC(C)(C)C)c2)n1. The Morgan fingerprint density at radius 3 is 2.40 bits per heavy atom. The molecule has 0 atom stereocenters. The summed E-state index contributed by atoms with van der Waals surface area (Å²) < 4.78 is 5.28. The normalized spacial score (nSPS) is 11.0. The van der Waals surface area contributed by atoms with E-state index in [-0.39, 0.29) is 11.5 Å². The van der Waals surface area contributed by atoms with Gasteiger partial charge in [0.1, 0.15) is 5.60 Å². The third-order valence-corrected chi connectivity index (χ3v) is 5.17. The maximum Gasteiger partial charge on any atom is 0.412 e. The van der Waals surface area contributed by atoms with Crippen molar-refractivity contribution in [1.82, 2.24) is 9.97 Å². The summed E-state index contributed by atoms with van der Waals surface area (Å²) in [7, 11) is 0. The summed E-state index contributed by atoms with van der Waals surface area (Å²) in [6.45, 7) is 8.82. The Morgan fingerprint density at radius 1 is 1.00 bits per heavy atom. The lowest BCUT2D eigenvalue weighted by Crippen LogP contribution is -2.27. The number of halogens is 1. The lowest BCUT2D eigenvalue weighted by atomic mass is 10.0. The fourth-order valence-corrected chi connectivity index (χ4v) is 3.36. The van der Waals surface area contributed by atoms with Crippen molar-refractivity contribution in [2.45, 2.75) is 46.6 Å². The summed E-state index contributed by atoms with van der Waals surface area (Å²) in [5.74, 6) is -0.901. The van der Waals surface area contributed by atoms with Crippen LogP contribution in [0.25, 0.3) is 11.3 Å². The molecular weight excluding hydrogens is 468 g/mol. The van der Waals surface area contributed by atoms with E-state index in [1.165, 1.54) is 6.07 Å². The standard InChI is InChI=1S/C26H27ClN4O4/c1-15-9-20(21(11-19(15)27)31-25(34)35-26(3,4)5)30-24(33)12-23(32)18-8-6-7-17(10-18)22-14-28-13-16(2)29-22/h6-11,13-14H,12H2,1-5H3,(H,30,33)(H,31,34). The molecule has 182 valence electrons. The van der Waals surface area contributed by atoms with Gasteiger partial charge in [0.05, 0.1) is 35.4 Å². The number of rotatable bonds is 6. The monoisotopic (exact) mass is 494 g/mol. The van der Waals surface area contributed by atoms with Crippen LogP contribution in [0.4, 0.5) is 16.2 Å². The molecule has 0 fully saturated rings. The van der Waals surface area contributed by atoms with E-state index in [0.717, 1.165) is 11.3 Å². The van der Waals surface area contributed by atoms with Crippen LogP contribution in [-0.4, -0.2) is 33.4 Å². The number of hydrogen-bond acceptors (Lipinski definition) is 6. The third-order valence-electron chi connectivity index (χ3n) is 4.76. The molecule has 0 saturated heterocycles. The summed E-state index contributed by atoms with van der Waals surface area (Å²) in [5.41, 5.74) is 3.05. The van der Waals surface area contributed by atoms with Crippen LogP contribution in [-0.2, 0) is 9.53 Å². The summed E-state index contributed by atoms with van der Waals surface area (Å²) >= 11 is 6.21. The van der Waals surface area contributed by atoms with Crippen molar-refractivity contribution in [3.05, 3.63) is 70.6 Å². The molecule has 2 N–H and O–H groups in total. The topological polar surface area (TPSA) is 110 Å². The minimum absolute atomic E-state index is 0.260. The number of benzene rings is 2. The number of ether oxygens (including phenoxy) is 1. The number of aryl methyl sites for hydroxylation is 2. The molecule has 0 aliphatic carbocycles. The molecule has 1 aromatic heterocycles. The maximum absolute atomic E-state index is 12.8. The summed E-state index contributed by atoms with van der Waals surface area (Å²) in [4.78, 5) is 46.4. The Kier molecular flexibility index (Phi) is 7.86. The van der Waals surface area contributed by atoms with Gasteiger partial charge in [-0.05, 0) is 58.4 Å². The van der Waals surface area contributed by atoms with E-state index in [1.807, 2.05) is 13.0 Å². The molecule has 2 aromatic carbocycles. The van der Waals surface area contributed by atoms with Gasteiger partial charge in [-0.1, -0.05) is 29.8 Å². The number of aromatic nitrogens is 2. The number of amides is 2. The molecule has 3 aromatic rings. The highest BCUT2D eigenvalue weighted by Crippen LogP contribution is 2.30. The highest BCUT2D eigenvalue weighted by atomic mass is 35.5. The van der Waals surface area contributed by atoms with Crippen molar-refractivity contribution in [2.75, 3.05) is 10.6 Å². The first-order valence-corrected chi connectivity index (χ1v) is 11.3. The van der Waals surface area contributed by atoms with E-state index in [0.29, 0.717) is 27.5 Å². The van der Waals surface area contributed by atoms with Crippen molar-refractivity contribution in [3.63, 3.8) is 0 Å². The van der Waals surface area contributed by atoms with Crippen molar-refractivity contribution >= 4 is 40.8 Å². The van der Waals surface area contributed by atoms with E-state index in [9.17, 15) is 14.4 Å². The van der Waals surface area contributed by atoms with E-state index in [2.05, 4.69) is 20.6 Å². The zero-order valence-electron chi connectivity index (χ0n) is 20.2. The molecule has 0 unspecified atom stereocenters. The molecule has 0 saturated carbocycles. The average Bonchev–Trinajstić information content (AvgIpc) is 2.76. The van der Waals surface area contributed by atoms with Crippen molar-refractivity contribution in [1.29, 1.82) is 0 Å². The van der Waals surface area contributed by atoms with Crippen molar-refractivity contribution in [2.24, 2.45) is 0 Å². The number of Topliss-reactive ketones (excluding diaryl/α,β-unsaturated/α-hetero) is 1. The van der Waals surface area contributed by atoms with E-state index in [4.69, 9.17) is 16.3 Å². The summed E-state index contributed by atoms with van der Waals surface area (Å²) in [6.07, 6.45) is 2.18. The molecule has 0 aliphatic heterocycles. The first kappa shape index (κ1) is 25.8. The zero-order valence-corrected chi connectivity index (χ0v) is 21.0.